The number of rotatable bonds is 1. The van der Waals surface area contributed by atoms with Crippen molar-refractivity contribution in [1.29, 1.82) is 0 Å². The molecule has 0 radical (unpaired) electrons. The molecule has 3 aromatic rings. The zero-order valence-corrected chi connectivity index (χ0v) is 12.5. The average molecular weight is 300 g/mol. The van der Waals surface area contributed by atoms with Crippen LogP contribution in [0.4, 0.5) is 10.5 Å². The van der Waals surface area contributed by atoms with Crippen molar-refractivity contribution in [2.24, 2.45) is 0 Å². The van der Waals surface area contributed by atoms with Crippen LogP contribution in [0.15, 0.2) is 42.6 Å². The third kappa shape index (κ3) is 2.62. The van der Waals surface area contributed by atoms with Crippen LogP contribution in [0.2, 0.25) is 5.02 Å². The monoisotopic (exact) mass is 299 g/mol. The summed E-state index contributed by atoms with van der Waals surface area (Å²) in [5.41, 5.74) is 3.51. The predicted molar refractivity (Wildman–Crippen MR) is 85.1 cm³/mol. The number of hydrogen-bond acceptors (Lipinski definition) is 2. The first-order valence-corrected chi connectivity index (χ1v) is 6.94. The highest BCUT2D eigenvalue weighted by molar-refractivity contribution is 6.33. The summed E-state index contributed by atoms with van der Waals surface area (Å²) in [5.74, 6) is 0. The molecule has 0 saturated heterocycles. The van der Waals surface area contributed by atoms with Gasteiger partial charge in [-0.15, -0.1) is 0 Å². The summed E-state index contributed by atoms with van der Waals surface area (Å²) in [5, 5.41) is 8.36. The minimum absolute atomic E-state index is 0.334. The molecule has 4 nitrogen and oxygen atoms in total. The summed E-state index contributed by atoms with van der Waals surface area (Å²) < 4.78 is 1.34. The first-order valence-electron chi connectivity index (χ1n) is 6.56. The maximum Gasteiger partial charge on any atom is 0.347 e. The molecule has 5 heteroatoms. The van der Waals surface area contributed by atoms with Crippen molar-refractivity contribution in [3.8, 4) is 0 Å². The van der Waals surface area contributed by atoms with E-state index in [0.717, 1.165) is 22.0 Å². The summed E-state index contributed by atoms with van der Waals surface area (Å²) >= 11 is 6.13. The number of fused-ring (bicyclic) bond motifs is 1. The lowest BCUT2D eigenvalue weighted by Gasteiger charge is -2.08. The highest BCUT2D eigenvalue weighted by atomic mass is 35.5. The number of carbonyl (C=O) groups is 1. The maximum absolute atomic E-state index is 12.3. The number of anilines is 1. The van der Waals surface area contributed by atoms with Crippen LogP contribution in [-0.2, 0) is 0 Å². The van der Waals surface area contributed by atoms with Gasteiger partial charge in [0.2, 0.25) is 0 Å². The largest absolute Gasteiger partial charge is 0.347 e. The summed E-state index contributed by atoms with van der Waals surface area (Å²) in [6.07, 6.45) is 1.68. The van der Waals surface area contributed by atoms with E-state index < -0.39 is 0 Å². The molecule has 1 N–H and O–H groups in total. The molecule has 0 atom stereocenters. The number of benzene rings is 2. The number of carbonyl (C=O) groups excluding carboxylic acids is 1. The SMILES string of the molecule is Cc1ccc(NC(=O)n2ncc3cc(C)ccc32)c(Cl)c1. The predicted octanol–water partition coefficient (Wildman–Crippen LogP) is 4.39. The van der Waals surface area contributed by atoms with Crippen molar-refractivity contribution in [1.82, 2.24) is 9.78 Å². The molecule has 0 saturated carbocycles. The molecular weight excluding hydrogens is 286 g/mol. The van der Waals surface area contributed by atoms with E-state index in [1.807, 2.05) is 44.2 Å². The van der Waals surface area contributed by atoms with Gasteiger partial charge in [-0.25, -0.2) is 4.79 Å². The Balaban J connectivity index is 1.94. The van der Waals surface area contributed by atoms with Crippen molar-refractivity contribution in [3.63, 3.8) is 0 Å². The number of aryl methyl sites for hydroxylation is 2. The van der Waals surface area contributed by atoms with Crippen LogP contribution in [0.1, 0.15) is 11.1 Å². The Kier molecular flexibility index (Phi) is 3.39. The Morgan fingerprint density at radius 3 is 2.62 bits per heavy atom. The molecule has 0 spiro atoms. The van der Waals surface area contributed by atoms with Gasteiger partial charge in [-0.2, -0.15) is 9.78 Å². The highest BCUT2D eigenvalue weighted by Gasteiger charge is 2.12. The molecular formula is C16H14ClN3O. The summed E-state index contributed by atoms with van der Waals surface area (Å²) in [6.45, 7) is 3.95. The lowest BCUT2D eigenvalue weighted by Crippen LogP contribution is -2.20. The third-order valence-electron chi connectivity index (χ3n) is 3.28. The second kappa shape index (κ2) is 5.22. The minimum atomic E-state index is -0.334. The van der Waals surface area contributed by atoms with Gasteiger partial charge in [0.15, 0.2) is 0 Å². The minimum Gasteiger partial charge on any atom is -0.305 e. The van der Waals surface area contributed by atoms with Crippen LogP contribution >= 0.6 is 11.6 Å². The van der Waals surface area contributed by atoms with Crippen molar-refractivity contribution >= 4 is 34.2 Å². The molecule has 0 aliphatic carbocycles. The van der Waals surface area contributed by atoms with E-state index in [1.54, 1.807) is 12.3 Å². The molecule has 3 rings (SSSR count). The number of amides is 1. The number of halogens is 1. The normalized spacial score (nSPS) is 10.8. The Morgan fingerprint density at radius 2 is 1.86 bits per heavy atom. The smallest absolute Gasteiger partial charge is 0.305 e. The Bertz CT molecular complexity index is 839. The lowest BCUT2D eigenvalue weighted by atomic mass is 10.2. The molecule has 0 unspecified atom stereocenters. The van der Waals surface area contributed by atoms with E-state index in [0.29, 0.717) is 10.7 Å². The standard InChI is InChI=1S/C16H14ClN3O/c1-10-4-6-15-12(7-10)9-18-20(15)16(21)19-14-5-3-11(2)8-13(14)17/h3-9H,1-2H3,(H,19,21). The molecule has 0 bridgehead atoms. The van der Waals surface area contributed by atoms with Crippen LogP contribution in [0.25, 0.3) is 10.9 Å². The van der Waals surface area contributed by atoms with Gasteiger partial charge in [0.1, 0.15) is 0 Å². The second-order valence-electron chi connectivity index (χ2n) is 5.03. The van der Waals surface area contributed by atoms with Gasteiger partial charge in [0, 0.05) is 5.39 Å². The molecule has 0 aliphatic rings. The molecule has 106 valence electrons. The average Bonchev–Trinajstić information content (AvgIpc) is 2.84. The highest BCUT2D eigenvalue weighted by Crippen LogP contribution is 2.23. The van der Waals surface area contributed by atoms with Gasteiger partial charge in [-0.05, 0) is 43.7 Å². The number of hydrogen-bond donors (Lipinski definition) is 1. The first kappa shape index (κ1) is 13.6. The van der Waals surface area contributed by atoms with E-state index in [4.69, 9.17) is 11.6 Å². The van der Waals surface area contributed by atoms with E-state index in [-0.39, 0.29) is 6.03 Å². The quantitative estimate of drug-likeness (QED) is 0.724. The van der Waals surface area contributed by atoms with E-state index >= 15 is 0 Å². The first-order chi connectivity index (χ1) is 10.0. The fourth-order valence-electron chi connectivity index (χ4n) is 2.20. The zero-order chi connectivity index (χ0) is 15.0. The van der Waals surface area contributed by atoms with Crippen molar-refractivity contribution in [2.45, 2.75) is 13.8 Å². The van der Waals surface area contributed by atoms with E-state index in [2.05, 4.69) is 10.4 Å². The molecule has 1 aromatic heterocycles. The molecule has 21 heavy (non-hydrogen) atoms. The van der Waals surface area contributed by atoms with Crippen molar-refractivity contribution < 1.29 is 4.79 Å². The molecule has 0 fully saturated rings. The Hall–Kier alpha value is -2.33. The van der Waals surface area contributed by atoms with Gasteiger partial charge in [-0.3, -0.25) is 0 Å². The Labute approximate surface area is 127 Å². The third-order valence-corrected chi connectivity index (χ3v) is 3.59. The maximum atomic E-state index is 12.3. The molecule has 2 aromatic carbocycles. The summed E-state index contributed by atoms with van der Waals surface area (Å²) in [6, 6.07) is 11.0. The molecule has 1 amide bonds. The van der Waals surface area contributed by atoms with Crippen LogP contribution < -0.4 is 5.32 Å². The molecule has 1 heterocycles. The van der Waals surface area contributed by atoms with E-state index in [9.17, 15) is 4.79 Å². The number of nitrogens with one attached hydrogen (secondary N) is 1. The van der Waals surface area contributed by atoms with Crippen LogP contribution in [0.3, 0.4) is 0 Å². The topological polar surface area (TPSA) is 46.9 Å². The summed E-state index contributed by atoms with van der Waals surface area (Å²) in [4.78, 5) is 12.3. The molecule has 0 aliphatic heterocycles. The van der Waals surface area contributed by atoms with Gasteiger partial charge in [0.05, 0.1) is 22.4 Å². The Morgan fingerprint density at radius 1 is 1.14 bits per heavy atom. The van der Waals surface area contributed by atoms with E-state index in [1.165, 1.54) is 4.68 Å². The summed E-state index contributed by atoms with van der Waals surface area (Å²) in [7, 11) is 0. The number of nitrogens with zero attached hydrogens (tertiary/aromatic N) is 2. The van der Waals surface area contributed by atoms with Crippen LogP contribution in [-0.4, -0.2) is 15.8 Å². The van der Waals surface area contributed by atoms with Crippen molar-refractivity contribution in [2.75, 3.05) is 5.32 Å². The van der Waals surface area contributed by atoms with Crippen molar-refractivity contribution in [3.05, 3.63) is 58.7 Å². The fraction of sp³-hybridized carbons (Fsp3) is 0.125. The number of aromatic nitrogens is 2. The van der Waals surface area contributed by atoms with Gasteiger partial charge < -0.3 is 5.32 Å². The zero-order valence-electron chi connectivity index (χ0n) is 11.7. The lowest BCUT2D eigenvalue weighted by molar-refractivity contribution is 0.252. The van der Waals surface area contributed by atoms with Gasteiger partial charge in [0.25, 0.3) is 0 Å². The second-order valence-corrected chi connectivity index (χ2v) is 5.44. The van der Waals surface area contributed by atoms with Crippen LogP contribution in [0.5, 0.6) is 0 Å². The fourth-order valence-corrected chi connectivity index (χ4v) is 2.49. The van der Waals surface area contributed by atoms with Gasteiger partial charge >= 0.3 is 6.03 Å². The van der Waals surface area contributed by atoms with Crippen LogP contribution in [0, 0.1) is 13.8 Å². The van der Waals surface area contributed by atoms with Gasteiger partial charge in [-0.1, -0.05) is 29.3 Å².